The first-order valence-electron chi connectivity index (χ1n) is 4.29. The molecule has 1 aromatic rings. The average molecular weight is 234 g/mol. The molecule has 1 N–H and O–H groups in total. The summed E-state index contributed by atoms with van der Waals surface area (Å²) in [4.78, 5) is 10.2. The Labute approximate surface area is 89.5 Å². The van der Waals surface area contributed by atoms with Crippen LogP contribution in [0.4, 0.5) is 13.2 Å². The van der Waals surface area contributed by atoms with Gasteiger partial charge in [-0.05, 0) is 17.7 Å². The molecule has 0 aliphatic rings. The number of methoxy groups -OCH3 is 1. The molecule has 1 rings (SSSR count). The van der Waals surface area contributed by atoms with Crippen molar-refractivity contribution in [3.63, 3.8) is 0 Å². The van der Waals surface area contributed by atoms with Crippen molar-refractivity contribution in [1.29, 1.82) is 0 Å². The van der Waals surface area contributed by atoms with Gasteiger partial charge >= 0.3 is 11.9 Å². The summed E-state index contributed by atoms with van der Waals surface area (Å²) in [6.45, 7) is 0. The first-order valence-corrected chi connectivity index (χ1v) is 4.29. The van der Waals surface area contributed by atoms with E-state index in [1.807, 2.05) is 0 Å². The van der Waals surface area contributed by atoms with E-state index in [1.165, 1.54) is 19.2 Å². The van der Waals surface area contributed by atoms with Crippen LogP contribution in [0.2, 0.25) is 0 Å². The van der Waals surface area contributed by atoms with Gasteiger partial charge in [-0.15, -0.1) is 0 Å². The van der Waals surface area contributed by atoms with Crippen LogP contribution >= 0.6 is 0 Å². The fraction of sp³-hybridized carbons (Fsp3) is 0.300. The smallest absolute Gasteiger partial charge is 0.378 e. The van der Waals surface area contributed by atoms with E-state index in [4.69, 9.17) is 9.84 Å². The van der Waals surface area contributed by atoms with E-state index in [1.54, 1.807) is 0 Å². The zero-order chi connectivity index (χ0) is 12.3. The van der Waals surface area contributed by atoms with Gasteiger partial charge in [-0.1, -0.05) is 12.1 Å². The lowest BCUT2D eigenvalue weighted by Crippen LogP contribution is -2.33. The van der Waals surface area contributed by atoms with Gasteiger partial charge in [0.2, 0.25) is 0 Å². The minimum Gasteiger partial charge on any atom is -0.497 e. The fourth-order valence-corrected chi connectivity index (χ4v) is 1.12. The minimum atomic E-state index is -4.45. The Morgan fingerprint density at radius 3 is 2.62 bits per heavy atom. The molecule has 16 heavy (non-hydrogen) atoms. The quantitative estimate of drug-likeness (QED) is 0.870. The Morgan fingerprint density at radius 1 is 1.50 bits per heavy atom. The highest BCUT2D eigenvalue weighted by Gasteiger charge is 2.49. The van der Waals surface area contributed by atoms with Crippen molar-refractivity contribution in [2.45, 2.75) is 12.1 Å². The molecule has 0 aromatic heterocycles. The van der Waals surface area contributed by atoms with Gasteiger partial charge in [0.05, 0.1) is 7.11 Å². The summed E-state index contributed by atoms with van der Waals surface area (Å²) < 4.78 is 43.7. The third kappa shape index (κ3) is 2.26. The Balaban J connectivity index is 3.04. The second kappa shape index (κ2) is 4.42. The molecule has 1 atom stereocenters. The number of carboxylic acid groups (broad SMARTS) is 1. The zero-order valence-electron chi connectivity index (χ0n) is 8.28. The maximum Gasteiger partial charge on any atom is 0.378 e. The van der Waals surface area contributed by atoms with Crippen LogP contribution < -0.4 is 4.74 Å². The average Bonchev–Trinajstić information content (AvgIpc) is 2.27. The Kier molecular flexibility index (Phi) is 3.41. The zero-order valence-corrected chi connectivity index (χ0v) is 8.28. The van der Waals surface area contributed by atoms with Crippen LogP contribution in [-0.2, 0) is 4.79 Å². The van der Waals surface area contributed by atoms with E-state index >= 15 is 0 Å². The van der Waals surface area contributed by atoms with E-state index in [-0.39, 0.29) is 5.75 Å². The third-order valence-electron chi connectivity index (χ3n) is 1.99. The second-order valence-corrected chi connectivity index (χ2v) is 3.07. The van der Waals surface area contributed by atoms with Gasteiger partial charge in [-0.3, -0.25) is 0 Å². The lowest BCUT2D eigenvalue weighted by molar-refractivity contribution is -0.175. The van der Waals surface area contributed by atoms with Crippen LogP contribution in [-0.4, -0.2) is 24.1 Å². The predicted octanol–water partition coefficient (Wildman–Crippen LogP) is 2.43. The standard InChI is InChI=1S/C10H9F3O3/c1-16-7-4-2-3-6(5-7)8(11)10(12,13)9(14)15/h2-5,8H,1H3,(H,14,15). The van der Waals surface area contributed by atoms with Gasteiger partial charge in [0.25, 0.3) is 0 Å². The Hall–Kier alpha value is -1.72. The van der Waals surface area contributed by atoms with Gasteiger partial charge in [-0.25, -0.2) is 9.18 Å². The number of alkyl halides is 3. The van der Waals surface area contributed by atoms with Crippen molar-refractivity contribution in [3.8, 4) is 5.75 Å². The van der Waals surface area contributed by atoms with Crippen LogP contribution in [0.15, 0.2) is 24.3 Å². The van der Waals surface area contributed by atoms with Crippen LogP contribution in [0.1, 0.15) is 11.7 Å². The van der Waals surface area contributed by atoms with Crippen molar-refractivity contribution in [1.82, 2.24) is 0 Å². The number of halogens is 3. The van der Waals surface area contributed by atoms with E-state index in [0.717, 1.165) is 12.1 Å². The molecule has 1 unspecified atom stereocenters. The molecule has 0 amide bonds. The fourth-order valence-electron chi connectivity index (χ4n) is 1.12. The molecular formula is C10H9F3O3. The van der Waals surface area contributed by atoms with E-state index in [2.05, 4.69) is 0 Å². The summed E-state index contributed by atoms with van der Waals surface area (Å²) in [5, 5.41) is 8.18. The molecule has 0 bridgehead atoms. The highest BCUT2D eigenvalue weighted by molar-refractivity contribution is 5.76. The number of hydrogen-bond donors (Lipinski definition) is 1. The number of ether oxygens (including phenoxy) is 1. The normalized spacial score (nSPS) is 13.2. The van der Waals surface area contributed by atoms with Crippen molar-refractivity contribution >= 4 is 5.97 Å². The molecule has 0 fully saturated rings. The molecule has 0 spiro atoms. The van der Waals surface area contributed by atoms with E-state index in [0.29, 0.717) is 0 Å². The number of carbonyl (C=O) groups is 1. The summed E-state index contributed by atoms with van der Waals surface area (Å²) >= 11 is 0. The summed E-state index contributed by atoms with van der Waals surface area (Å²) in [6, 6.07) is 4.85. The summed E-state index contributed by atoms with van der Waals surface area (Å²) in [5.41, 5.74) is -0.438. The van der Waals surface area contributed by atoms with Crippen molar-refractivity contribution in [2.24, 2.45) is 0 Å². The van der Waals surface area contributed by atoms with E-state index < -0.39 is 23.6 Å². The molecule has 0 heterocycles. The van der Waals surface area contributed by atoms with E-state index in [9.17, 15) is 18.0 Å². The molecule has 88 valence electrons. The van der Waals surface area contributed by atoms with Gasteiger partial charge in [0, 0.05) is 0 Å². The summed E-state index contributed by atoms with van der Waals surface area (Å²) in [7, 11) is 1.29. The number of hydrogen-bond acceptors (Lipinski definition) is 2. The molecule has 0 aliphatic carbocycles. The van der Waals surface area contributed by atoms with Gasteiger partial charge in [0.15, 0.2) is 6.17 Å². The minimum absolute atomic E-state index is 0.182. The lowest BCUT2D eigenvalue weighted by atomic mass is 10.0. The van der Waals surface area contributed by atoms with Crippen molar-refractivity contribution in [2.75, 3.05) is 7.11 Å². The van der Waals surface area contributed by atoms with Crippen LogP contribution in [0.3, 0.4) is 0 Å². The number of carboxylic acids is 1. The molecule has 0 saturated carbocycles. The SMILES string of the molecule is COc1cccc(C(F)C(F)(F)C(=O)O)c1. The molecule has 0 radical (unpaired) electrons. The van der Waals surface area contributed by atoms with Crippen molar-refractivity contribution < 1.29 is 27.8 Å². The van der Waals surface area contributed by atoms with Crippen LogP contribution in [0.5, 0.6) is 5.75 Å². The Morgan fingerprint density at radius 2 is 2.12 bits per heavy atom. The highest BCUT2D eigenvalue weighted by Crippen LogP contribution is 2.36. The van der Waals surface area contributed by atoms with Crippen LogP contribution in [0.25, 0.3) is 0 Å². The number of rotatable bonds is 4. The molecule has 1 aromatic carbocycles. The maximum absolute atomic E-state index is 13.3. The first kappa shape index (κ1) is 12.4. The monoisotopic (exact) mass is 234 g/mol. The lowest BCUT2D eigenvalue weighted by Gasteiger charge is -2.16. The number of aliphatic carboxylic acids is 1. The molecule has 0 saturated heterocycles. The second-order valence-electron chi connectivity index (χ2n) is 3.07. The first-order chi connectivity index (χ1) is 7.39. The Bertz CT molecular complexity index is 393. The predicted molar refractivity (Wildman–Crippen MR) is 49.4 cm³/mol. The highest BCUT2D eigenvalue weighted by atomic mass is 19.3. The third-order valence-corrected chi connectivity index (χ3v) is 1.99. The van der Waals surface area contributed by atoms with Gasteiger partial charge < -0.3 is 9.84 Å². The van der Waals surface area contributed by atoms with Crippen molar-refractivity contribution in [3.05, 3.63) is 29.8 Å². The molecular weight excluding hydrogens is 225 g/mol. The van der Waals surface area contributed by atoms with Gasteiger partial charge in [-0.2, -0.15) is 8.78 Å². The topological polar surface area (TPSA) is 46.5 Å². The maximum atomic E-state index is 13.3. The molecule has 3 nitrogen and oxygen atoms in total. The van der Waals surface area contributed by atoms with Crippen LogP contribution in [0, 0.1) is 0 Å². The molecule has 0 aliphatic heterocycles. The largest absolute Gasteiger partial charge is 0.497 e. The summed E-state index contributed by atoms with van der Waals surface area (Å²) in [6.07, 6.45) is -2.90. The molecule has 6 heteroatoms. The van der Waals surface area contributed by atoms with Gasteiger partial charge in [0.1, 0.15) is 5.75 Å². The summed E-state index contributed by atoms with van der Waals surface area (Å²) in [5.74, 6) is -6.77. The number of benzene rings is 1.